The van der Waals surface area contributed by atoms with Crippen molar-refractivity contribution < 1.29 is 14.7 Å². The van der Waals surface area contributed by atoms with Crippen LogP contribution in [0.15, 0.2) is 0 Å². The maximum Gasteiger partial charge on any atom is 0.330 e. The van der Waals surface area contributed by atoms with E-state index >= 15 is 0 Å². The lowest BCUT2D eigenvalue weighted by Crippen LogP contribution is -2.64. The van der Waals surface area contributed by atoms with Crippen molar-refractivity contribution in [2.75, 3.05) is 19.6 Å². The lowest BCUT2D eigenvalue weighted by molar-refractivity contribution is -0.162. The van der Waals surface area contributed by atoms with Crippen molar-refractivity contribution in [2.24, 2.45) is 5.92 Å². The average Bonchev–Trinajstić information content (AvgIpc) is 2.35. The maximum atomic E-state index is 11.7. The summed E-state index contributed by atoms with van der Waals surface area (Å²) >= 11 is 0. The summed E-state index contributed by atoms with van der Waals surface area (Å²) in [7, 11) is 0. The van der Waals surface area contributed by atoms with E-state index in [4.69, 9.17) is 0 Å². The number of nitrogens with one attached hydrogen (secondary N) is 1. The van der Waals surface area contributed by atoms with Gasteiger partial charge in [-0.05, 0) is 25.8 Å². The predicted molar refractivity (Wildman–Crippen MR) is 64.7 cm³/mol. The molecule has 1 aliphatic heterocycles. The van der Waals surface area contributed by atoms with Gasteiger partial charge in [0.15, 0.2) is 0 Å². The molecule has 5 nitrogen and oxygen atoms in total. The highest BCUT2D eigenvalue weighted by molar-refractivity contribution is 5.82. The highest BCUT2D eigenvalue weighted by Crippen LogP contribution is 2.33. The molecule has 0 aliphatic carbocycles. The molecule has 0 aromatic heterocycles. The van der Waals surface area contributed by atoms with Gasteiger partial charge in [-0.15, -0.1) is 0 Å². The number of carbonyl (C=O) groups excluding carboxylic acids is 1. The zero-order valence-electron chi connectivity index (χ0n) is 10.6. The van der Waals surface area contributed by atoms with Crippen molar-refractivity contribution in [3.8, 4) is 0 Å². The Morgan fingerprint density at radius 2 is 2.29 bits per heavy atom. The number of nitrogens with zero attached hydrogens (tertiary/aromatic N) is 1. The highest BCUT2D eigenvalue weighted by atomic mass is 16.4. The molecule has 0 saturated carbocycles. The van der Waals surface area contributed by atoms with Gasteiger partial charge in [-0.25, -0.2) is 4.79 Å². The van der Waals surface area contributed by atoms with Gasteiger partial charge in [-0.3, -0.25) is 4.79 Å². The Bertz CT molecular complexity index is 283. The Balaban J connectivity index is 3.07. The second-order valence-corrected chi connectivity index (χ2v) is 4.59. The Kier molecular flexibility index (Phi) is 4.93. The van der Waals surface area contributed by atoms with E-state index in [-0.39, 0.29) is 5.92 Å². The fourth-order valence-corrected chi connectivity index (χ4v) is 2.78. The van der Waals surface area contributed by atoms with Crippen molar-refractivity contribution in [2.45, 2.75) is 38.6 Å². The molecule has 1 rings (SSSR count). The van der Waals surface area contributed by atoms with Gasteiger partial charge in [0, 0.05) is 19.0 Å². The van der Waals surface area contributed by atoms with E-state index in [1.807, 2.05) is 13.8 Å². The molecule has 2 N–H and O–H groups in total. The third-order valence-electron chi connectivity index (χ3n) is 3.72. The van der Waals surface area contributed by atoms with E-state index < -0.39 is 11.5 Å². The lowest BCUT2D eigenvalue weighted by atomic mass is 9.75. The zero-order chi connectivity index (χ0) is 12.9. The third kappa shape index (κ3) is 2.44. The first-order valence-corrected chi connectivity index (χ1v) is 6.29. The van der Waals surface area contributed by atoms with E-state index in [0.29, 0.717) is 32.5 Å². The molecule has 17 heavy (non-hydrogen) atoms. The molecule has 0 radical (unpaired) electrons. The van der Waals surface area contributed by atoms with Crippen LogP contribution in [0.1, 0.15) is 33.1 Å². The number of piperidine rings is 1. The SMILES string of the molecule is CCCN(C=O)C1(C(=O)O)CCNCC1CC. The largest absolute Gasteiger partial charge is 0.479 e. The molecule has 2 atom stereocenters. The Morgan fingerprint density at radius 1 is 1.59 bits per heavy atom. The van der Waals surface area contributed by atoms with Crippen LogP contribution in [0, 0.1) is 5.92 Å². The van der Waals surface area contributed by atoms with E-state index in [2.05, 4.69) is 5.32 Å². The summed E-state index contributed by atoms with van der Waals surface area (Å²) in [6.07, 6.45) is 2.72. The summed E-state index contributed by atoms with van der Waals surface area (Å²) < 4.78 is 0. The highest BCUT2D eigenvalue weighted by Gasteiger charge is 2.50. The quantitative estimate of drug-likeness (QED) is 0.673. The number of carbonyl (C=O) groups is 2. The monoisotopic (exact) mass is 242 g/mol. The van der Waals surface area contributed by atoms with Crippen LogP contribution in [-0.2, 0) is 9.59 Å². The van der Waals surface area contributed by atoms with Gasteiger partial charge < -0.3 is 15.3 Å². The molecule has 1 fully saturated rings. The summed E-state index contributed by atoms with van der Waals surface area (Å²) in [5.41, 5.74) is -1.02. The predicted octanol–water partition coefficient (Wildman–Crippen LogP) is 0.698. The molecule has 0 aromatic carbocycles. The third-order valence-corrected chi connectivity index (χ3v) is 3.72. The normalized spacial score (nSPS) is 28.7. The molecule has 1 amide bonds. The molecule has 0 aromatic rings. The fourth-order valence-electron chi connectivity index (χ4n) is 2.78. The number of hydrogen-bond donors (Lipinski definition) is 2. The minimum atomic E-state index is -1.02. The van der Waals surface area contributed by atoms with E-state index in [9.17, 15) is 14.7 Å². The standard InChI is InChI=1S/C12H22N2O3/c1-3-7-14(9-15)12(11(16)17)5-6-13-8-10(12)4-2/h9-10,13H,3-8H2,1-2H3,(H,16,17). The number of carboxylic acid groups (broad SMARTS) is 1. The zero-order valence-corrected chi connectivity index (χ0v) is 10.6. The second-order valence-electron chi connectivity index (χ2n) is 4.59. The van der Waals surface area contributed by atoms with Crippen molar-refractivity contribution >= 4 is 12.4 Å². The number of amides is 1. The van der Waals surface area contributed by atoms with Crippen molar-refractivity contribution in [1.82, 2.24) is 10.2 Å². The van der Waals surface area contributed by atoms with E-state index in [0.717, 1.165) is 12.8 Å². The van der Waals surface area contributed by atoms with Gasteiger partial charge in [-0.2, -0.15) is 0 Å². The van der Waals surface area contributed by atoms with Crippen LogP contribution in [0.3, 0.4) is 0 Å². The smallest absolute Gasteiger partial charge is 0.330 e. The molecular weight excluding hydrogens is 220 g/mol. The summed E-state index contributed by atoms with van der Waals surface area (Å²) in [5.74, 6) is -0.892. The van der Waals surface area contributed by atoms with Crippen molar-refractivity contribution in [3.05, 3.63) is 0 Å². The van der Waals surface area contributed by atoms with Crippen molar-refractivity contribution in [3.63, 3.8) is 0 Å². The number of hydrogen-bond acceptors (Lipinski definition) is 3. The first-order chi connectivity index (χ1) is 8.13. The number of carboxylic acids is 1. The Morgan fingerprint density at radius 3 is 2.76 bits per heavy atom. The van der Waals surface area contributed by atoms with Gasteiger partial charge >= 0.3 is 5.97 Å². The topological polar surface area (TPSA) is 69.6 Å². The first-order valence-electron chi connectivity index (χ1n) is 6.29. The molecular formula is C12H22N2O3. The molecule has 98 valence electrons. The minimum absolute atomic E-state index is 0.0227. The van der Waals surface area contributed by atoms with Crippen LogP contribution in [0.2, 0.25) is 0 Å². The molecule has 1 aliphatic rings. The molecule has 2 unspecified atom stereocenters. The Labute approximate surface area is 102 Å². The molecule has 5 heteroatoms. The second kappa shape index (κ2) is 6.00. The van der Waals surface area contributed by atoms with Crippen LogP contribution < -0.4 is 5.32 Å². The van der Waals surface area contributed by atoms with Crippen molar-refractivity contribution in [1.29, 1.82) is 0 Å². The van der Waals surface area contributed by atoms with Gasteiger partial charge in [0.2, 0.25) is 6.41 Å². The van der Waals surface area contributed by atoms with Crippen LogP contribution in [0.5, 0.6) is 0 Å². The molecule has 0 bridgehead atoms. The first kappa shape index (κ1) is 14.0. The van der Waals surface area contributed by atoms with Crippen LogP contribution in [-0.4, -0.2) is 47.6 Å². The van der Waals surface area contributed by atoms with Gasteiger partial charge in [0.1, 0.15) is 5.54 Å². The van der Waals surface area contributed by atoms with E-state index in [1.54, 1.807) is 0 Å². The van der Waals surface area contributed by atoms with Gasteiger partial charge in [0.25, 0.3) is 0 Å². The lowest BCUT2D eigenvalue weighted by Gasteiger charge is -2.46. The summed E-state index contributed by atoms with van der Waals surface area (Å²) in [4.78, 5) is 24.4. The molecule has 0 spiro atoms. The fraction of sp³-hybridized carbons (Fsp3) is 0.833. The average molecular weight is 242 g/mol. The van der Waals surface area contributed by atoms with Crippen LogP contribution >= 0.6 is 0 Å². The minimum Gasteiger partial charge on any atom is -0.479 e. The van der Waals surface area contributed by atoms with Gasteiger partial charge in [0.05, 0.1) is 0 Å². The molecule has 1 saturated heterocycles. The summed E-state index contributed by atoms with van der Waals surface area (Å²) in [6, 6.07) is 0. The van der Waals surface area contributed by atoms with E-state index in [1.165, 1.54) is 4.90 Å². The van der Waals surface area contributed by atoms with Gasteiger partial charge in [-0.1, -0.05) is 13.8 Å². The van der Waals surface area contributed by atoms with Crippen LogP contribution in [0.4, 0.5) is 0 Å². The Hall–Kier alpha value is -1.10. The van der Waals surface area contributed by atoms with Crippen LogP contribution in [0.25, 0.3) is 0 Å². The summed E-state index contributed by atoms with van der Waals surface area (Å²) in [5, 5.41) is 12.8. The maximum absolute atomic E-state index is 11.7. The summed E-state index contributed by atoms with van der Waals surface area (Å²) in [6.45, 7) is 5.75. The molecule has 1 heterocycles. The number of aliphatic carboxylic acids is 1. The number of rotatable bonds is 6.